The summed E-state index contributed by atoms with van der Waals surface area (Å²) in [7, 11) is 1.78. The number of piperidine rings is 1. The van der Waals surface area contributed by atoms with Crippen molar-refractivity contribution in [3.63, 3.8) is 0 Å². The van der Waals surface area contributed by atoms with Crippen LogP contribution >= 0.6 is 12.4 Å². The Balaban J connectivity index is 0.00000242. The molecule has 1 unspecified atom stereocenters. The number of likely N-dealkylation sites (N-methyl/N-ethyl adjacent to an activating group) is 1. The lowest BCUT2D eigenvalue weighted by Crippen LogP contribution is -2.43. The quantitative estimate of drug-likeness (QED) is 0.878. The first kappa shape index (κ1) is 19.4. The third-order valence-corrected chi connectivity index (χ3v) is 5.85. The molecule has 7 heteroatoms. The molecule has 1 fully saturated rings. The number of hydrogen-bond donors (Lipinski definition) is 1. The van der Waals surface area contributed by atoms with Crippen LogP contribution < -0.4 is 5.32 Å². The summed E-state index contributed by atoms with van der Waals surface area (Å²) in [6.45, 7) is 3.03. The Morgan fingerprint density at radius 2 is 1.91 bits per heavy atom. The third-order valence-electron chi connectivity index (χ3n) is 4.02. The van der Waals surface area contributed by atoms with Gasteiger partial charge in [0.2, 0.25) is 10.0 Å². The van der Waals surface area contributed by atoms with E-state index in [2.05, 4.69) is 10.2 Å². The van der Waals surface area contributed by atoms with Crippen LogP contribution in [0.5, 0.6) is 0 Å². The van der Waals surface area contributed by atoms with E-state index in [1.54, 1.807) is 26.2 Å². The molecule has 1 heterocycles. The van der Waals surface area contributed by atoms with Crippen molar-refractivity contribution >= 4 is 22.4 Å². The predicted octanol–water partition coefficient (Wildman–Crippen LogP) is 1.54. The van der Waals surface area contributed by atoms with Crippen LogP contribution in [-0.4, -0.2) is 57.9 Å². The van der Waals surface area contributed by atoms with E-state index in [0.29, 0.717) is 10.9 Å². The van der Waals surface area contributed by atoms with E-state index in [-0.39, 0.29) is 12.4 Å². The lowest BCUT2D eigenvalue weighted by atomic mass is 10.1. The minimum absolute atomic E-state index is 0. The highest BCUT2D eigenvalue weighted by Crippen LogP contribution is 2.17. The molecule has 126 valence electrons. The maximum absolute atomic E-state index is 12.0. The van der Waals surface area contributed by atoms with Crippen molar-refractivity contribution < 1.29 is 8.42 Å². The Bertz CT molecular complexity index is 561. The molecule has 2 rings (SSSR count). The second kappa shape index (κ2) is 8.26. The summed E-state index contributed by atoms with van der Waals surface area (Å²) in [5, 5.41) is 3.33. The maximum atomic E-state index is 12.0. The molecule has 0 radical (unpaired) electrons. The van der Waals surface area contributed by atoms with Crippen molar-refractivity contribution in [2.75, 3.05) is 34.2 Å². The zero-order valence-corrected chi connectivity index (χ0v) is 15.1. The van der Waals surface area contributed by atoms with E-state index >= 15 is 0 Å². The normalized spacial score (nSPS) is 19.9. The van der Waals surface area contributed by atoms with Gasteiger partial charge in [0, 0.05) is 33.2 Å². The molecule has 0 spiro atoms. The molecule has 1 saturated heterocycles. The number of hydrogen-bond acceptors (Lipinski definition) is 4. The van der Waals surface area contributed by atoms with E-state index in [1.807, 2.05) is 19.2 Å². The van der Waals surface area contributed by atoms with Crippen LogP contribution in [0.3, 0.4) is 0 Å². The fourth-order valence-corrected chi connectivity index (χ4v) is 3.57. The largest absolute Gasteiger partial charge is 0.316 e. The average Bonchev–Trinajstić information content (AvgIpc) is 2.48. The molecule has 1 aromatic rings. The standard InChI is InChI=1S/C15H25N3O2S.ClH/c1-16-14-5-4-10-18(12-14)11-13-6-8-15(9-7-13)21(19,20)17(2)3;/h6-9,14,16H,4-5,10-12H2,1-3H3;1H. The second-order valence-corrected chi connectivity index (χ2v) is 7.95. The summed E-state index contributed by atoms with van der Waals surface area (Å²) in [6, 6.07) is 7.79. The van der Waals surface area contributed by atoms with Crippen LogP contribution in [0.25, 0.3) is 0 Å². The van der Waals surface area contributed by atoms with Crippen molar-refractivity contribution in [2.45, 2.75) is 30.3 Å². The topological polar surface area (TPSA) is 52.7 Å². The van der Waals surface area contributed by atoms with Crippen LogP contribution in [0.4, 0.5) is 0 Å². The van der Waals surface area contributed by atoms with Gasteiger partial charge in [0.1, 0.15) is 0 Å². The van der Waals surface area contributed by atoms with E-state index < -0.39 is 10.0 Å². The lowest BCUT2D eigenvalue weighted by molar-refractivity contribution is 0.188. The molecule has 0 amide bonds. The number of nitrogens with zero attached hydrogens (tertiary/aromatic N) is 2. The molecule has 22 heavy (non-hydrogen) atoms. The summed E-state index contributed by atoms with van der Waals surface area (Å²) in [5.41, 5.74) is 1.16. The van der Waals surface area contributed by atoms with Crippen LogP contribution in [0.1, 0.15) is 18.4 Å². The SMILES string of the molecule is CNC1CCCN(Cc2ccc(S(=O)(=O)N(C)C)cc2)C1.Cl. The van der Waals surface area contributed by atoms with Gasteiger partial charge in [-0.25, -0.2) is 12.7 Å². The van der Waals surface area contributed by atoms with Gasteiger partial charge >= 0.3 is 0 Å². The summed E-state index contributed by atoms with van der Waals surface area (Å²) < 4.78 is 25.3. The molecule has 0 bridgehead atoms. The Morgan fingerprint density at radius 3 is 2.45 bits per heavy atom. The van der Waals surface area contributed by atoms with Crippen LogP contribution in [0.15, 0.2) is 29.2 Å². The molecule has 0 aromatic heterocycles. The molecule has 0 saturated carbocycles. The fourth-order valence-electron chi connectivity index (χ4n) is 2.67. The number of likely N-dealkylation sites (tertiary alicyclic amines) is 1. The van der Waals surface area contributed by atoms with Gasteiger partial charge in [0.05, 0.1) is 4.90 Å². The van der Waals surface area contributed by atoms with Crippen molar-refractivity contribution in [3.05, 3.63) is 29.8 Å². The molecular formula is C15H26ClN3O2S. The molecule has 1 aliphatic heterocycles. The van der Waals surface area contributed by atoms with Gasteiger partial charge < -0.3 is 5.32 Å². The van der Waals surface area contributed by atoms with Crippen molar-refractivity contribution in [1.29, 1.82) is 0 Å². The summed E-state index contributed by atoms with van der Waals surface area (Å²) >= 11 is 0. The van der Waals surface area contributed by atoms with Crippen molar-refractivity contribution in [3.8, 4) is 0 Å². The highest BCUT2D eigenvalue weighted by atomic mass is 35.5. The Labute approximate surface area is 140 Å². The van der Waals surface area contributed by atoms with E-state index in [0.717, 1.165) is 25.2 Å². The predicted molar refractivity (Wildman–Crippen MR) is 91.9 cm³/mol. The number of benzene rings is 1. The zero-order valence-electron chi connectivity index (χ0n) is 13.4. The van der Waals surface area contributed by atoms with Gasteiger partial charge in [-0.2, -0.15) is 0 Å². The molecule has 1 atom stereocenters. The summed E-state index contributed by atoms with van der Waals surface area (Å²) in [4.78, 5) is 2.77. The molecule has 1 N–H and O–H groups in total. The molecular weight excluding hydrogens is 322 g/mol. The molecule has 1 aromatic carbocycles. The number of nitrogens with one attached hydrogen (secondary N) is 1. The average molecular weight is 348 g/mol. The number of sulfonamides is 1. The van der Waals surface area contributed by atoms with Gasteiger partial charge in [-0.3, -0.25) is 4.90 Å². The minimum atomic E-state index is -3.33. The Morgan fingerprint density at radius 1 is 1.27 bits per heavy atom. The van der Waals surface area contributed by atoms with Gasteiger partial charge in [0.25, 0.3) is 0 Å². The number of rotatable bonds is 5. The van der Waals surface area contributed by atoms with E-state index in [9.17, 15) is 8.42 Å². The molecule has 5 nitrogen and oxygen atoms in total. The van der Waals surface area contributed by atoms with E-state index in [1.165, 1.54) is 17.1 Å². The smallest absolute Gasteiger partial charge is 0.242 e. The highest BCUT2D eigenvalue weighted by Gasteiger charge is 2.19. The Hall–Kier alpha value is -0.660. The molecule has 0 aliphatic carbocycles. The van der Waals surface area contributed by atoms with Gasteiger partial charge in [-0.15, -0.1) is 12.4 Å². The second-order valence-electron chi connectivity index (χ2n) is 5.79. The minimum Gasteiger partial charge on any atom is -0.316 e. The first-order valence-electron chi connectivity index (χ1n) is 7.34. The Kier molecular flexibility index (Phi) is 7.28. The van der Waals surface area contributed by atoms with Gasteiger partial charge in [-0.05, 0) is 44.1 Å². The van der Waals surface area contributed by atoms with Gasteiger partial charge in [-0.1, -0.05) is 12.1 Å². The third kappa shape index (κ3) is 4.67. The first-order chi connectivity index (χ1) is 9.93. The van der Waals surface area contributed by atoms with Crippen molar-refractivity contribution in [2.24, 2.45) is 0 Å². The van der Waals surface area contributed by atoms with Crippen LogP contribution in [0.2, 0.25) is 0 Å². The highest BCUT2D eigenvalue weighted by molar-refractivity contribution is 7.89. The fraction of sp³-hybridized carbons (Fsp3) is 0.600. The van der Waals surface area contributed by atoms with Crippen LogP contribution in [-0.2, 0) is 16.6 Å². The van der Waals surface area contributed by atoms with E-state index in [4.69, 9.17) is 0 Å². The monoisotopic (exact) mass is 347 g/mol. The summed E-state index contributed by atoms with van der Waals surface area (Å²) in [6.07, 6.45) is 2.44. The van der Waals surface area contributed by atoms with Gasteiger partial charge in [0.15, 0.2) is 0 Å². The summed E-state index contributed by atoms with van der Waals surface area (Å²) in [5.74, 6) is 0. The number of halogens is 1. The molecule has 1 aliphatic rings. The zero-order chi connectivity index (χ0) is 15.5. The van der Waals surface area contributed by atoms with Crippen LogP contribution in [0, 0.1) is 0 Å². The van der Waals surface area contributed by atoms with Crippen molar-refractivity contribution in [1.82, 2.24) is 14.5 Å². The maximum Gasteiger partial charge on any atom is 0.242 e. The lowest BCUT2D eigenvalue weighted by Gasteiger charge is -2.32. The first-order valence-corrected chi connectivity index (χ1v) is 8.78.